The summed E-state index contributed by atoms with van der Waals surface area (Å²) in [6.45, 7) is 6.85. The number of carbonyl (C=O) groups is 1. The molecule has 0 aliphatic rings. The minimum absolute atomic E-state index is 0.0568. The molecule has 0 aromatic carbocycles. The van der Waals surface area contributed by atoms with E-state index in [1.807, 2.05) is 0 Å². The standard InChI is InChI=1S/C38H77NO/c1-4-6-8-10-12-14-16-18-20-21-22-24-26-28-30-32-34-36(3)37(38(39)40)35-33-31-29-27-25-23-19-17-15-13-11-9-7-5-2/h36-37H,4-35H2,1-3H3,(H2,39,40). The topological polar surface area (TPSA) is 43.1 Å². The third kappa shape index (κ3) is 29.0. The molecule has 2 unspecified atom stereocenters. The number of amides is 1. The predicted molar refractivity (Wildman–Crippen MR) is 181 cm³/mol. The molecule has 240 valence electrons. The molecule has 2 heteroatoms. The van der Waals surface area contributed by atoms with Crippen LogP contribution in [0.4, 0.5) is 0 Å². The maximum absolute atomic E-state index is 12.1. The molecule has 0 radical (unpaired) electrons. The van der Waals surface area contributed by atoms with Crippen molar-refractivity contribution >= 4 is 5.91 Å². The summed E-state index contributed by atoms with van der Waals surface area (Å²) < 4.78 is 0. The lowest BCUT2D eigenvalue weighted by molar-refractivity contribution is -0.123. The first kappa shape index (κ1) is 39.5. The van der Waals surface area contributed by atoms with Gasteiger partial charge in [-0.05, 0) is 18.8 Å². The number of nitrogens with two attached hydrogens (primary N) is 1. The van der Waals surface area contributed by atoms with Gasteiger partial charge in [-0.3, -0.25) is 4.79 Å². The van der Waals surface area contributed by atoms with Gasteiger partial charge >= 0.3 is 0 Å². The van der Waals surface area contributed by atoms with E-state index in [4.69, 9.17) is 5.73 Å². The van der Waals surface area contributed by atoms with Gasteiger partial charge in [-0.2, -0.15) is 0 Å². The highest BCUT2D eigenvalue weighted by Crippen LogP contribution is 2.25. The molecule has 1 amide bonds. The van der Waals surface area contributed by atoms with Crippen molar-refractivity contribution in [3.05, 3.63) is 0 Å². The van der Waals surface area contributed by atoms with Crippen LogP contribution in [0.3, 0.4) is 0 Å². The van der Waals surface area contributed by atoms with E-state index in [1.165, 1.54) is 199 Å². The minimum atomic E-state index is -0.0568. The molecule has 40 heavy (non-hydrogen) atoms. The molecule has 0 aliphatic heterocycles. The number of hydrogen-bond donors (Lipinski definition) is 1. The average Bonchev–Trinajstić information content (AvgIpc) is 2.94. The second-order valence-electron chi connectivity index (χ2n) is 13.5. The highest BCUT2D eigenvalue weighted by Gasteiger charge is 2.21. The normalized spacial score (nSPS) is 13.1. The van der Waals surface area contributed by atoms with Crippen molar-refractivity contribution in [2.75, 3.05) is 0 Å². The maximum atomic E-state index is 12.1. The fraction of sp³-hybridized carbons (Fsp3) is 0.974. The summed E-state index contributed by atoms with van der Waals surface area (Å²) in [5.74, 6) is 0.485. The first-order chi connectivity index (χ1) is 19.6. The Morgan fingerprint density at radius 3 is 0.875 bits per heavy atom. The smallest absolute Gasteiger partial charge is 0.220 e. The Morgan fingerprint density at radius 2 is 0.625 bits per heavy atom. The SMILES string of the molecule is CCCCCCCCCCCCCCCCCCC(C)C(CCCCCCCCCCCCCCCC)C(N)=O. The van der Waals surface area contributed by atoms with E-state index < -0.39 is 0 Å². The van der Waals surface area contributed by atoms with Gasteiger partial charge in [0.05, 0.1) is 0 Å². The van der Waals surface area contributed by atoms with Crippen LogP contribution >= 0.6 is 0 Å². The lowest BCUT2D eigenvalue weighted by Gasteiger charge is -2.21. The Kier molecular flexibility index (Phi) is 32.5. The Hall–Kier alpha value is -0.530. The quantitative estimate of drug-likeness (QED) is 0.0777. The number of primary amides is 1. The number of carbonyl (C=O) groups excluding carboxylic acids is 1. The van der Waals surface area contributed by atoms with E-state index in [2.05, 4.69) is 20.8 Å². The summed E-state index contributed by atoms with van der Waals surface area (Å²) in [5, 5.41) is 0. The van der Waals surface area contributed by atoms with Gasteiger partial charge in [0.2, 0.25) is 5.91 Å². The molecule has 0 spiro atoms. The molecule has 2 N–H and O–H groups in total. The second-order valence-corrected chi connectivity index (χ2v) is 13.5. The van der Waals surface area contributed by atoms with Crippen LogP contribution in [0.2, 0.25) is 0 Å². The number of unbranched alkanes of at least 4 members (excludes halogenated alkanes) is 28. The number of rotatable bonds is 34. The molecule has 0 aromatic rings. The third-order valence-corrected chi connectivity index (χ3v) is 9.43. The van der Waals surface area contributed by atoms with E-state index in [1.54, 1.807) is 0 Å². The summed E-state index contributed by atoms with van der Waals surface area (Å²) in [6, 6.07) is 0. The molecule has 0 rings (SSSR count). The van der Waals surface area contributed by atoms with E-state index in [9.17, 15) is 4.79 Å². The van der Waals surface area contributed by atoms with Gasteiger partial charge in [0, 0.05) is 5.92 Å². The van der Waals surface area contributed by atoms with E-state index in [0.717, 1.165) is 6.42 Å². The molecule has 0 saturated carbocycles. The monoisotopic (exact) mass is 564 g/mol. The van der Waals surface area contributed by atoms with E-state index in [-0.39, 0.29) is 11.8 Å². The lowest BCUT2D eigenvalue weighted by atomic mass is 9.84. The van der Waals surface area contributed by atoms with Crippen LogP contribution in [-0.2, 0) is 4.79 Å². The Bertz CT molecular complexity index is 490. The molecule has 0 bridgehead atoms. The zero-order chi connectivity index (χ0) is 29.4. The first-order valence-corrected chi connectivity index (χ1v) is 18.9. The van der Waals surface area contributed by atoms with E-state index in [0.29, 0.717) is 5.92 Å². The van der Waals surface area contributed by atoms with Gasteiger partial charge in [-0.25, -0.2) is 0 Å². The highest BCUT2D eigenvalue weighted by molar-refractivity contribution is 5.76. The fourth-order valence-corrected chi connectivity index (χ4v) is 6.48. The molecular formula is C38H77NO. The molecule has 0 aliphatic carbocycles. The van der Waals surface area contributed by atoms with Crippen molar-refractivity contribution in [1.82, 2.24) is 0 Å². The van der Waals surface area contributed by atoms with Crippen molar-refractivity contribution in [2.45, 2.75) is 226 Å². The number of hydrogen-bond acceptors (Lipinski definition) is 1. The minimum Gasteiger partial charge on any atom is -0.369 e. The fourth-order valence-electron chi connectivity index (χ4n) is 6.48. The van der Waals surface area contributed by atoms with Gasteiger partial charge in [0.1, 0.15) is 0 Å². The van der Waals surface area contributed by atoms with Crippen molar-refractivity contribution in [1.29, 1.82) is 0 Å². The summed E-state index contributed by atoms with van der Waals surface area (Å²) >= 11 is 0. The van der Waals surface area contributed by atoms with Gasteiger partial charge < -0.3 is 5.73 Å². The van der Waals surface area contributed by atoms with Gasteiger partial charge in [-0.1, -0.05) is 213 Å². The summed E-state index contributed by atoms with van der Waals surface area (Å²) in [5.41, 5.74) is 5.81. The molecular weight excluding hydrogens is 486 g/mol. The predicted octanol–water partition coefficient (Wildman–Crippen LogP) is 13.2. The molecule has 2 atom stereocenters. The van der Waals surface area contributed by atoms with Gasteiger partial charge in [0.15, 0.2) is 0 Å². The van der Waals surface area contributed by atoms with Crippen LogP contribution < -0.4 is 5.73 Å². The summed E-state index contributed by atoms with van der Waals surface area (Å²) in [6.07, 6.45) is 44.1. The second kappa shape index (κ2) is 33.0. The third-order valence-electron chi connectivity index (χ3n) is 9.43. The highest BCUT2D eigenvalue weighted by atomic mass is 16.1. The van der Waals surface area contributed by atoms with E-state index >= 15 is 0 Å². The van der Waals surface area contributed by atoms with Crippen molar-refractivity contribution in [2.24, 2.45) is 17.6 Å². The zero-order valence-electron chi connectivity index (χ0n) is 28.3. The first-order valence-electron chi connectivity index (χ1n) is 18.9. The molecule has 2 nitrogen and oxygen atoms in total. The Balaban J connectivity index is 3.51. The van der Waals surface area contributed by atoms with Crippen LogP contribution in [0.15, 0.2) is 0 Å². The van der Waals surface area contributed by atoms with Crippen LogP contribution in [0.1, 0.15) is 226 Å². The van der Waals surface area contributed by atoms with Crippen LogP contribution in [0.5, 0.6) is 0 Å². The Morgan fingerprint density at radius 1 is 0.400 bits per heavy atom. The average molecular weight is 564 g/mol. The summed E-state index contributed by atoms with van der Waals surface area (Å²) in [4.78, 5) is 12.1. The van der Waals surface area contributed by atoms with Crippen molar-refractivity contribution < 1.29 is 4.79 Å². The lowest BCUT2D eigenvalue weighted by Crippen LogP contribution is -2.28. The maximum Gasteiger partial charge on any atom is 0.220 e. The van der Waals surface area contributed by atoms with Crippen LogP contribution in [-0.4, -0.2) is 5.91 Å². The molecule has 0 saturated heterocycles. The van der Waals surface area contributed by atoms with Crippen LogP contribution in [0.25, 0.3) is 0 Å². The summed E-state index contributed by atoms with van der Waals surface area (Å²) in [7, 11) is 0. The molecule has 0 aromatic heterocycles. The van der Waals surface area contributed by atoms with Crippen LogP contribution in [0, 0.1) is 11.8 Å². The van der Waals surface area contributed by atoms with Crippen molar-refractivity contribution in [3.63, 3.8) is 0 Å². The zero-order valence-corrected chi connectivity index (χ0v) is 28.3. The molecule has 0 fully saturated rings. The van der Waals surface area contributed by atoms with Gasteiger partial charge in [0.25, 0.3) is 0 Å². The van der Waals surface area contributed by atoms with Gasteiger partial charge in [-0.15, -0.1) is 0 Å². The Labute approximate surface area is 254 Å². The van der Waals surface area contributed by atoms with Crippen molar-refractivity contribution in [3.8, 4) is 0 Å². The molecule has 0 heterocycles. The largest absolute Gasteiger partial charge is 0.369 e.